The van der Waals surface area contributed by atoms with E-state index in [0.717, 1.165) is 11.6 Å². The van der Waals surface area contributed by atoms with Crippen LogP contribution in [0.25, 0.3) is 22.2 Å². The van der Waals surface area contributed by atoms with Crippen molar-refractivity contribution in [2.24, 2.45) is 0 Å². The van der Waals surface area contributed by atoms with E-state index < -0.39 is 11.7 Å². The van der Waals surface area contributed by atoms with E-state index in [2.05, 4.69) is 18.8 Å². The molecule has 0 aliphatic rings. The molecule has 2 aromatic carbocycles. The predicted octanol–water partition coefficient (Wildman–Crippen LogP) is 5.79. The molecule has 0 amide bonds. The molecule has 0 bridgehead atoms. The Morgan fingerprint density at radius 1 is 1.04 bits per heavy atom. The van der Waals surface area contributed by atoms with Gasteiger partial charge < -0.3 is 4.98 Å². The zero-order valence-corrected chi connectivity index (χ0v) is 13.2. The Balaban J connectivity index is 2.23. The molecule has 5 heteroatoms. The van der Waals surface area contributed by atoms with Crippen molar-refractivity contribution < 1.29 is 18.0 Å². The van der Waals surface area contributed by atoms with E-state index in [1.54, 1.807) is 0 Å². The minimum Gasteiger partial charge on any atom is -0.353 e. The molecular formula is C19H16F3NO. The third-order valence-corrected chi connectivity index (χ3v) is 4.16. The van der Waals surface area contributed by atoms with E-state index in [-0.39, 0.29) is 16.5 Å². The third kappa shape index (κ3) is 2.70. The van der Waals surface area contributed by atoms with E-state index in [1.807, 2.05) is 24.3 Å². The maximum Gasteiger partial charge on any atom is 0.418 e. The number of rotatable bonds is 3. The highest BCUT2D eigenvalue weighted by atomic mass is 19.4. The predicted molar refractivity (Wildman–Crippen MR) is 88.2 cm³/mol. The third-order valence-electron chi connectivity index (χ3n) is 4.16. The lowest BCUT2D eigenvalue weighted by Gasteiger charge is -2.07. The minimum atomic E-state index is -4.48. The van der Waals surface area contributed by atoms with Crippen LogP contribution in [0.4, 0.5) is 13.2 Å². The van der Waals surface area contributed by atoms with Gasteiger partial charge in [-0.1, -0.05) is 50.2 Å². The monoisotopic (exact) mass is 331 g/mol. The first-order valence-electron chi connectivity index (χ1n) is 7.60. The van der Waals surface area contributed by atoms with Crippen molar-refractivity contribution >= 4 is 17.2 Å². The fraction of sp³-hybridized carbons (Fsp3) is 0.211. The van der Waals surface area contributed by atoms with Crippen LogP contribution in [0.1, 0.15) is 41.3 Å². The number of aromatic amines is 1. The number of carbonyl (C=O) groups is 1. The van der Waals surface area contributed by atoms with E-state index in [4.69, 9.17) is 0 Å². The number of hydrogen-bond donors (Lipinski definition) is 1. The smallest absolute Gasteiger partial charge is 0.353 e. The van der Waals surface area contributed by atoms with Crippen LogP contribution in [-0.4, -0.2) is 11.3 Å². The van der Waals surface area contributed by atoms with Crippen LogP contribution in [0, 0.1) is 0 Å². The normalized spacial score (nSPS) is 12.1. The van der Waals surface area contributed by atoms with Gasteiger partial charge in [-0.2, -0.15) is 13.2 Å². The molecular weight excluding hydrogens is 315 g/mol. The number of nitrogens with one attached hydrogen (secondary N) is 1. The minimum absolute atomic E-state index is 0.0602. The lowest BCUT2D eigenvalue weighted by molar-refractivity contribution is -0.136. The Kier molecular flexibility index (Phi) is 3.95. The molecule has 124 valence electrons. The van der Waals surface area contributed by atoms with Crippen LogP contribution >= 0.6 is 0 Å². The first-order valence-corrected chi connectivity index (χ1v) is 7.60. The quantitative estimate of drug-likeness (QED) is 0.605. The van der Waals surface area contributed by atoms with Gasteiger partial charge in [-0.15, -0.1) is 0 Å². The SMILES string of the molecule is CC(C)c1ccc(-c2[nH]c3c(C(F)(F)F)cccc3c2C=O)cc1. The Hall–Kier alpha value is -2.56. The van der Waals surface area contributed by atoms with Gasteiger partial charge in [0.25, 0.3) is 0 Å². The summed E-state index contributed by atoms with van der Waals surface area (Å²) in [5, 5.41) is 0.280. The molecule has 0 fully saturated rings. The molecule has 0 aliphatic carbocycles. The Morgan fingerprint density at radius 3 is 2.25 bits per heavy atom. The lowest BCUT2D eigenvalue weighted by atomic mass is 9.99. The molecule has 3 aromatic rings. The van der Waals surface area contributed by atoms with Crippen molar-refractivity contribution in [3.63, 3.8) is 0 Å². The van der Waals surface area contributed by atoms with Gasteiger partial charge in [-0.3, -0.25) is 4.79 Å². The van der Waals surface area contributed by atoms with Gasteiger partial charge in [0.1, 0.15) is 0 Å². The van der Waals surface area contributed by atoms with Crippen molar-refractivity contribution in [2.75, 3.05) is 0 Å². The van der Waals surface area contributed by atoms with Crippen molar-refractivity contribution in [2.45, 2.75) is 25.9 Å². The largest absolute Gasteiger partial charge is 0.418 e. The number of fused-ring (bicyclic) bond motifs is 1. The maximum atomic E-state index is 13.2. The molecule has 1 N–H and O–H groups in total. The number of H-pyrrole nitrogens is 1. The molecule has 1 aromatic heterocycles. The molecule has 0 aliphatic heterocycles. The van der Waals surface area contributed by atoms with E-state index >= 15 is 0 Å². The Morgan fingerprint density at radius 2 is 1.71 bits per heavy atom. The fourth-order valence-electron chi connectivity index (χ4n) is 2.86. The van der Waals surface area contributed by atoms with Crippen LogP contribution in [0.2, 0.25) is 0 Å². The Bertz CT molecular complexity index is 889. The molecule has 0 unspecified atom stereocenters. The molecule has 0 radical (unpaired) electrons. The van der Waals surface area contributed by atoms with Gasteiger partial charge in [0.15, 0.2) is 6.29 Å². The molecule has 3 rings (SSSR count). The van der Waals surface area contributed by atoms with Crippen LogP contribution in [0.5, 0.6) is 0 Å². The van der Waals surface area contributed by atoms with Crippen molar-refractivity contribution in [1.29, 1.82) is 0 Å². The summed E-state index contributed by atoms with van der Waals surface area (Å²) in [6, 6.07) is 11.3. The summed E-state index contributed by atoms with van der Waals surface area (Å²) < 4.78 is 39.6. The number of carbonyl (C=O) groups excluding carboxylic acids is 1. The first kappa shape index (κ1) is 16.3. The molecule has 0 spiro atoms. The second-order valence-corrected chi connectivity index (χ2v) is 6.03. The van der Waals surface area contributed by atoms with Gasteiger partial charge in [-0.05, 0) is 23.1 Å². The topological polar surface area (TPSA) is 32.9 Å². The summed E-state index contributed by atoms with van der Waals surface area (Å²) in [6.45, 7) is 4.12. The highest BCUT2D eigenvalue weighted by Gasteiger charge is 2.34. The van der Waals surface area contributed by atoms with Crippen LogP contribution in [0.15, 0.2) is 42.5 Å². The summed E-state index contributed by atoms with van der Waals surface area (Å²) >= 11 is 0. The van der Waals surface area contributed by atoms with E-state index in [9.17, 15) is 18.0 Å². The number of alkyl halides is 3. The van der Waals surface area contributed by atoms with Crippen LogP contribution in [0.3, 0.4) is 0 Å². The van der Waals surface area contributed by atoms with Crippen molar-refractivity contribution in [1.82, 2.24) is 4.98 Å². The number of halogens is 3. The maximum absolute atomic E-state index is 13.2. The zero-order chi connectivity index (χ0) is 17.5. The molecule has 2 nitrogen and oxygen atoms in total. The number of hydrogen-bond acceptors (Lipinski definition) is 1. The fourth-order valence-corrected chi connectivity index (χ4v) is 2.86. The molecule has 0 saturated carbocycles. The van der Waals surface area contributed by atoms with Crippen molar-refractivity contribution in [3.8, 4) is 11.3 Å². The second-order valence-electron chi connectivity index (χ2n) is 6.03. The van der Waals surface area contributed by atoms with Crippen LogP contribution in [-0.2, 0) is 6.18 Å². The van der Waals surface area contributed by atoms with Crippen molar-refractivity contribution in [3.05, 3.63) is 59.2 Å². The number of aldehydes is 1. The van der Waals surface area contributed by atoms with Gasteiger partial charge >= 0.3 is 6.18 Å². The first-order chi connectivity index (χ1) is 11.3. The van der Waals surface area contributed by atoms with Gasteiger partial charge in [0, 0.05) is 10.9 Å². The highest BCUT2D eigenvalue weighted by molar-refractivity contribution is 6.05. The van der Waals surface area contributed by atoms with Gasteiger partial charge in [0.2, 0.25) is 0 Å². The second kappa shape index (κ2) is 5.82. The molecule has 0 saturated heterocycles. The summed E-state index contributed by atoms with van der Waals surface area (Å²) in [4.78, 5) is 14.3. The van der Waals surface area contributed by atoms with Crippen LogP contribution < -0.4 is 0 Å². The Labute approximate surface area is 137 Å². The summed E-state index contributed by atoms with van der Waals surface area (Å²) in [5.74, 6) is 0.351. The average Bonchev–Trinajstić information content (AvgIpc) is 2.92. The number of benzene rings is 2. The van der Waals surface area contributed by atoms with Gasteiger partial charge in [-0.25, -0.2) is 0 Å². The number of para-hydroxylation sites is 1. The van der Waals surface area contributed by atoms with E-state index in [1.165, 1.54) is 12.1 Å². The molecule has 0 atom stereocenters. The van der Waals surface area contributed by atoms with E-state index in [0.29, 0.717) is 23.5 Å². The van der Waals surface area contributed by atoms with Gasteiger partial charge in [0.05, 0.1) is 16.8 Å². The average molecular weight is 331 g/mol. The lowest BCUT2D eigenvalue weighted by Crippen LogP contribution is -2.05. The number of aromatic nitrogens is 1. The summed E-state index contributed by atoms with van der Waals surface area (Å²) in [6.07, 6.45) is -3.88. The molecule has 1 heterocycles. The summed E-state index contributed by atoms with van der Waals surface area (Å²) in [7, 11) is 0. The summed E-state index contributed by atoms with van der Waals surface area (Å²) in [5.41, 5.74) is 1.63. The highest BCUT2D eigenvalue weighted by Crippen LogP contribution is 2.38. The standard InChI is InChI=1S/C19H16F3NO/c1-11(2)12-6-8-13(9-7-12)17-15(10-24)14-4-3-5-16(18(14)23-17)19(20,21)22/h3-11,23H,1-2H3. The zero-order valence-electron chi connectivity index (χ0n) is 13.2. The molecule has 24 heavy (non-hydrogen) atoms.